The van der Waals surface area contributed by atoms with E-state index >= 15 is 0 Å². The Morgan fingerprint density at radius 2 is 1.94 bits per heavy atom. The molecular weight excluding hydrogens is 270 g/mol. The maximum Gasteiger partial charge on any atom is 0.227 e. The second-order valence-electron chi connectivity index (χ2n) is 3.82. The van der Waals surface area contributed by atoms with Gasteiger partial charge in [0.1, 0.15) is 10.4 Å². The van der Waals surface area contributed by atoms with Crippen molar-refractivity contribution in [3.05, 3.63) is 45.3 Å². The van der Waals surface area contributed by atoms with Crippen LogP contribution in [0.25, 0.3) is 11.5 Å². The van der Waals surface area contributed by atoms with Gasteiger partial charge in [0.05, 0.1) is 5.56 Å². The van der Waals surface area contributed by atoms with Crippen LogP contribution in [0.15, 0.2) is 28.7 Å². The van der Waals surface area contributed by atoms with Gasteiger partial charge in [0.25, 0.3) is 0 Å². The van der Waals surface area contributed by atoms with Gasteiger partial charge in [0.15, 0.2) is 5.78 Å². The van der Waals surface area contributed by atoms with Crippen LogP contribution in [0.3, 0.4) is 0 Å². The highest BCUT2D eigenvalue weighted by Gasteiger charge is 2.12. The van der Waals surface area contributed by atoms with Crippen molar-refractivity contribution in [2.24, 2.45) is 0 Å². The predicted molar refractivity (Wildman–Crippen MR) is 72.5 cm³/mol. The number of hydrogen-bond acceptors (Lipinski definition) is 4. The Kier molecular flexibility index (Phi) is 3.59. The number of Topliss-reactive ketones (excluding diaryl/α,β-unsaturated/α-hetero) is 1. The molecule has 0 unspecified atom stereocenters. The summed E-state index contributed by atoms with van der Waals surface area (Å²) in [5.74, 6) is 0.725. The number of hydrogen-bond donors (Lipinski definition) is 0. The smallest absolute Gasteiger partial charge is 0.227 e. The molecule has 1 heterocycles. The van der Waals surface area contributed by atoms with Gasteiger partial charge in [0, 0.05) is 10.6 Å². The Labute approximate surface area is 114 Å². The fourth-order valence-electron chi connectivity index (χ4n) is 1.63. The van der Waals surface area contributed by atoms with Crippen LogP contribution in [-0.4, -0.2) is 10.8 Å². The lowest BCUT2D eigenvalue weighted by Crippen LogP contribution is -2.00. The molecule has 0 spiro atoms. The summed E-state index contributed by atoms with van der Waals surface area (Å²) in [6, 6.07) is 7.06. The first-order valence-corrected chi connectivity index (χ1v) is 6.06. The first-order chi connectivity index (χ1) is 8.49. The largest absolute Gasteiger partial charge is 0.442 e. The minimum absolute atomic E-state index is 0.142. The SMILES string of the molecule is CC(=O)c1c(C)oc(-c2ccc(Cl)cc2)nc1=S. The van der Waals surface area contributed by atoms with Crippen molar-refractivity contribution in [1.29, 1.82) is 0 Å². The Morgan fingerprint density at radius 3 is 2.44 bits per heavy atom. The number of carbonyl (C=O) groups is 1. The summed E-state index contributed by atoms with van der Waals surface area (Å²) < 4.78 is 5.80. The molecule has 0 saturated carbocycles. The summed E-state index contributed by atoms with van der Waals surface area (Å²) in [5, 5.41) is 0.634. The van der Waals surface area contributed by atoms with Gasteiger partial charge in [-0.05, 0) is 38.1 Å². The van der Waals surface area contributed by atoms with Crippen LogP contribution in [0, 0.1) is 11.6 Å². The third kappa shape index (κ3) is 2.49. The van der Waals surface area contributed by atoms with Gasteiger partial charge in [-0.3, -0.25) is 4.79 Å². The molecule has 0 aliphatic rings. The molecule has 5 heteroatoms. The molecule has 0 aliphatic carbocycles. The first-order valence-electron chi connectivity index (χ1n) is 5.27. The molecule has 3 nitrogen and oxygen atoms in total. The maximum absolute atomic E-state index is 11.4. The van der Waals surface area contributed by atoms with E-state index in [1.54, 1.807) is 31.2 Å². The summed E-state index contributed by atoms with van der Waals surface area (Å²) in [4.78, 5) is 15.5. The van der Waals surface area contributed by atoms with Crippen LogP contribution >= 0.6 is 23.8 Å². The molecule has 1 aromatic heterocycles. The minimum Gasteiger partial charge on any atom is -0.442 e. The van der Waals surface area contributed by atoms with Crippen LogP contribution in [0.4, 0.5) is 0 Å². The highest BCUT2D eigenvalue weighted by molar-refractivity contribution is 7.71. The van der Waals surface area contributed by atoms with Crippen LogP contribution in [-0.2, 0) is 0 Å². The molecule has 0 fully saturated rings. The molecule has 0 atom stereocenters. The van der Waals surface area contributed by atoms with Crippen molar-refractivity contribution >= 4 is 29.6 Å². The molecule has 0 saturated heterocycles. The molecule has 0 N–H and O–H groups in total. The van der Waals surface area contributed by atoms with E-state index in [-0.39, 0.29) is 10.4 Å². The third-order valence-electron chi connectivity index (χ3n) is 2.46. The Hall–Kier alpha value is -1.52. The van der Waals surface area contributed by atoms with Gasteiger partial charge in [-0.25, -0.2) is 4.98 Å². The first kappa shape index (κ1) is 12.9. The molecule has 18 heavy (non-hydrogen) atoms. The summed E-state index contributed by atoms with van der Waals surface area (Å²) in [5.41, 5.74) is 1.13. The van der Waals surface area contributed by atoms with Crippen molar-refractivity contribution in [2.75, 3.05) is 0 Å². The number of ketones is 1. The zero-order valence-electron chi connectivity index (χ0n) is 9.86. The molecule has 0 amide bonds. The highest BCUT2D eigenvalue weighted by Crippen LogP contribution is 2.22. The van der Waals surface area contributed by atoms with Crippen molar-refractivity contribution in [3.8, 4) is 11.5 Å². The van der Waals surface area contributed by atoms with E-state index in [2.05, 4.69) is 4.98 Å². The molecule has 0 aliphatic heterocycles. The van der Waals surface area contributed by atoms with Gasteiger partial charge in [0.2, 0.25) is 5.89 Å². The minimum atomic E-state index is -0.142. The number of rotatable bonds is 2. The Bertz CT molecular complexity index is 662. The number of aromatic nitrogens is 1. The lowest BCUT2D eigenvalue weighted by molar-refractivity contribution is 0.101. The van der Waals surface area contributed by atoms with Crippen LogP contribution in [0.1, 0.15) is 23.0 Å². The molecule has 2 aromatic rings. The third-order valence-corrected chi connectivity index (χ3v) is 3.01. The highest BCUT2D eigenvalue weighted by atomic mass is 35.5. The van der Waals surface area contributed by atoms with Crippen LogP contribution < -0.4 is 0 Å². The zero-order chi connectivity index (χ0) is 13.3. The number of halogens is 1. The summed E-state index contributed by atoms with van der Waals surface area (Å²) >= 11 is 10.9. The van der Waals surface area contributed by atoms with Crippen LogP contribution in [0.2, 0.25) is 5.02 Å². The van der Waals surface area contributed by atoms with Gasteiger partial charge in [-0.2, -0.15) is 0 Å². The van der Waals surface area contributed by atoms with Crippen molar-refractivity contribution < 1.29 is 9.21 Å². The van der Waals surface area contributed by atoms with E-state index < -0.39 is 0 Å². The average molecular weight is 280 g/mol. The van der Waals surface area contributed by atoms with Gasteiger partial charge < -0.3 is 4.42 Å². The fourth-order valence-corrected chi connectivity index (χ4v) is 2.13. The summed E-state index contributed by atoms with van der Waals surface area (Å²) in [6.07, 6.45) is 0. The molecule has 92 valence electrons. The zero-order valence-corrected chi connectivity index (χ0v) is 11.4. The van der Waals surface area contributed by atoms with E-state index in [1.165, 1.54) is 6.92 Å². The van der Waals surface area contributed by atoms with Crippen molar-refractivity contribution in [2.45, 2.75) is 13.8 Å². The number of aryl methyl sites for hydroxylation is 1. The molecule has 0 bridgehead atoms. The maximum atomic E-state index is 11.4. The monoisotopic (exact) mass is 279 g/mol. The van der Waals surface area contributed by atoms with E-state index in [1.807, 2.05) is 0 Å². The second-order valence-corrected chi connectivity index (χ2v) is 4.64. The van der Waals surface area contributed by atoms with Gasteiger partial charge >= 0.3 is 0 Å². The van der Waals surface area contributed by atoms with Gasteiger partial charge in [-0.15, -0.1) is 0 Å². The average Bonchev–Trinajstić information content (AvgIpc) is 2.28. The van der Waals surface area contributed by atoms with Crippen LogP contribution in [0.5, 0.6) is 0 Å². The standard InChI is InChI=1S/C13H10ClNO2S/c1-7(16)11-8(2)17-12(15-13(11)18)9-3-5-10(14)6-4-9/h3-6H,1-2H3. The summed E-state index contributed by atoms with van der Waals surface area (Å²) in [7, 11) is 0. The van der Waals surface area contributed by atoms with Crippen molar-refractivity contribution in [1.82, 2.24) is 4.98 Å². The number of nitrogens with zero attached hydrogens (tertiary/aromatic N) is 1. The number of carbonyl (C=O) groups excluding carboxylic acids is 1. The molecular formula is C13H10ClNO2S. The van der Waals surface area contributed by atoms with Gasteiger partial charge in [-0.1, -0.05) is 23.8 Å². The van der Waals surface area contributed by atoms with E-state index in [0.29, 0.717) is 22.2 Å². The van der Waals surface area contributed by atoms with E-state index in [4.69, 9.17) is 28.2 Å². The van der Waals surface area contributed by atoms with Crippen molar-refractivity contribution in [3.63, 3.8) is 0 Å². The molecule has 2 rings (SSSR count). The Balaban J connectivity index is 2.58. The summed E-state index contributed by atoms with van der Waals surface area (Å²) in [6.45, 7) is 3.14. The Morgan fingerprint density at radius 1 is 1.33 bits per heavy atom. The predicted octanol–water partition coefficient (Wildman–Crippen LogP) is 4.24. The second kappa shape index (κ2) is 5.00. The lowest BCUT2D eigenvalue weighted by atomic mass is 10.2. The molecule has 1 aromatic carbocycles. The normalized spacial score (nSPS) is 10.4. The lowest BCUT2D eigenvalue weighted by Gasteiger charge is -2.05. The topological polar surface area (TPSA) is 43.1 Å². The quantitative estimate of drug-likeness (QED) is 0.609. The molecule has 0 radical (unpaired) electrons. The van der Waals surface area contributed by atoms with E-state index in [9.17, 15) is 4.79 Å². The number of benzene rings is 1. The van der Waals surface area contributed by atoms with E-state index in [0.717, 1.165) is 5.56 Å². The fraction of sp³-hybridized carbons (Fsp3) is 0.154.